The summed E-state index contributed by atoms with van der Waals surface area (Å²) >= 11 is 17.4. The minimum Gasteiger partial charge on any atom is -0.329 e. The summed E-state index contributed by atoms with van der Waals surface area (Å²) in [5, 5.41) is 1.12. The number of hydrogen-bond acceptors (Lipinski definition) is 2. The molecule has 0 fully saturated rings. The van der Waals surface area contributed by atoms with Gasteiger partial charge in [-0.3, -0.25) is 4.57 Å². The van der Waals surface area contributed by atoms with Crippen LogP contribution in [0.15, 0.2) is 30.5 Å². The number of aromatic amines is 1. The summed E-state index contributed by atoms with van der Waals surface area (Å²) in [5.41, 5.74) is 3.51. The molecule has 1 N–H and O–H groups in total. The molecule has 0 bridgehead atoms. The monoisotopic (exact) mass is 309 g/mol. The van der Waals surface area contributed by atoms with Crippen molar-refractivity contribution in [1.82, 2.24) is 14.5 Å². The van der Waals surface area contributed by atoms with E-state index in [4.69, 9.17) is 35.4 Å². The summed E-state index contributed by atoms with van der Waals surface area (Å²) < 4.78 is 2.38. The molecule has 19 heavy (non-hydrogen) atoms. The molecule has 0 saturated carbocycles. The van der Waals surface area contributed by atoms with Gasteiger partial charge in [0.25, 0.3) is 0 Å². The lowest BCUT2D eigenvalue weighted by atomic mass is 10.3. The zero-order chi connectivity index (χ0) is 13.6. The number of benzene rings is 1. The fraction of sp³-hybridized carbons (Fsp3) is 0.0769. The Kier molecular flexibility index (Phi) is 3.09. The maximum Gasteiger partial charge on any atom is 0.183 e. The first-order valence-corrected chi connectivity index (χ1v) is 6.75. The van der Waals surface area contributed by atoms with E-state index in [1.807, 2.05) is 17.6 Å². The molecule has 6 heteroatoms. The van der Waals surface area contributed by atoms with Crippen LogP contribution in [0.2, 0.25) is 10.0 Å². The molecule has 0 saturated heterocycles. The summed E-state index contributed by atoms with van der Waals surface area (Å²) in [4.78, 5) is 7.55. The van der Waals surface area contributed by atoms with Crippen LogP contribution in [0.1, 0.15) is 5.56 Å². The van der Waals surface area contributed by atoms with Gasteiger partial charge < -0.3 is 4.98 Å². The number of rotatable bonds is 1. The van der Waals surface area contributed by atoms with Gasteiger partial charge in [-0.05, 0) is 49.0 Å². The average Bonchev–Trinajstić information content (AvgIpc) is 2.62. The summed E-state index contributed by atoms with van der Waals surface area (Å²) in [6, 6.07) is 7.29. The Morgan fingerprint density at radius 3 is 2.53 bits per heavy atom. The van der Waals surface area contributed by atoms with Gasteiger partial charge in [0, 0.05) is 16.2 Å². The third kappa shape index (κ3) is 2.27. The van der Waals surface area contributed by atoms with Gasteiger partial charge in [-0.25, -0.2) is 4.98 Å². The minimum absolute atomic E-state index is 0.561. The second-order valence-electron chi connectivity index (χ2n) is 4.28. The van der Waals surface area contributed by atoms with Crippen molar-refractivity contribution in [3.8, 4) is 5.69 Å². The van der Waals surface area contributed by atoms with E-state index in [0.29, 0.717) is 14.8 Å². The summed E-state index contributed by atoms with van der Waals surface area (Å²) in [6.07, 6.45) is 1.80. The van der Waals surface area contributed by atoms with Gasteiger partial charge in [0.1, 0.15) is 0 Å². The SMILES string of the molecule is Cc1cnc2c(c1)[nH]c(=S)n2-c1cc(Cl)cc(Cl)c1. The standard InChI is InChI=1S/C13H9Cl2N3S/c1-7-2-11-12(16-6-7)18(13(19)17-11)10-4-8(14)3-9(15)5-10/h2-6H,1H3,(H,17,19). The van der Waals surface area contributed by atoms with Crippen LogP contribution < -0.4 is 0 Å². The molecular weight excluding hydrogens is 301 g/mol. The molecule has 0 aliphatic heterocycles. The predicted octanol–water partition coefficient (Wildman–Crippen LogP) is 4.70. The maximum atomic E-state index is 6.03. The Balaban J connectivity index is 2.36. The predicted molar refractivity (Wildman–Crippen MR) is 81.0 cm³/mol. The smallest absolute Gasteiger partial charge is 0.183 e. The van der Waals surface area contributed by atoms with Crippen molar-refractivity contribution < 1.29 is 0 Å². The Hall–Kier alpha value is -1.36. The normalized spacial score (nSPS) is 11.1. The number of fused-ring (bicyclic) bond motifs is 1. The fourth-order valence-corrected chi connectivity index (χ4v) is 2.82. The second-order valence-corrected chi connectivity index (χ2v) is 5.54. The van der Waals surface area contributed by atoms with Crippen LogP contribution in [-0.4, -0.2) is 14.5 Å². The molecule has 3 rings (SSSR count). The van der Waals surface area contributed by atoms with Crippen molar-refractivity contribution in [2.24, 2.45) is 0 Å². The second kappa shape index (κ2) is 4.63. The highest BCUT2D eigenvalue weighted by atomic mass is 35.5. The molecule has 3 aromatic rings. The van der Waals surface area contributed by atoms with Crippen molar-refractivity contribution in [3.05, 3.63) is 50.8 Å². The molecule has 0 unspecified atom stereocenters. The largest absolute Gasteiger partial charge is 0.329 e. The van der Waals surface area contributed by atoms with E-state index in [-0.39, 0.29) is 0 Å². The zero-order valence-electron chi connectivity index (χ0n) is 9.95. The lowest BCUT2D eigenvalue weighted by Gasteiger charge is -2.05. The van der Waals surface area contributed by atoms with Crippen molar-refractivity contribution >= 4 is 46.6 Å². The highest BCUT2D eigenvalue weighted by molar-refractivity contribution is 7.71. The number of H-pyrrole nitrogens is 1. The first kappa shape index (κ1) is 12.7. The van der Waals surface area contributed by atoms with Crippen LogP contribution in [0.4, 0.5) is 0 Å². The van der Waals surface area contributed by atoms with Gasteiger partial charge in [0.15, 0.2) is 10.4 Å². The first-order valence-electron chi connectivity index (χ1n) is 5.58. The first-order chi connectivity index (χ1) is 9.04. The van der Waals surface area contributed by atoms with Gasteiger partial charge >= 0.3 is 0 Å². The Labute approximate surface area is 124 Å². The molecule has 0 aliphatic rings. The van der Waals surface area contributed by atoms with E-state index < -0.39 is 0 Å². The van der Waals surface area contributed by atoms with Crippen LogP contribution in [0.3, 0.4) is 0 Å². The Morgan fingerprint density at radius 2 is 1.84 bits per heavy atom. The minimum atomic E-state index is 0.561. The summed E-state index contributed by atoms with van der Waals surface area (Å²) in [7, 11) is 0. The number of imidazole rings is 1. The van der Waals surface area contributed by atoms with Gasteiger partial charge in [-0.1, -0.05) is 23.2 Å². The Morgan fingerprint density at radius 1 is 1.16 bits per heavy atom. The number of nitrogens with one attached hydrogen (secondary N) is 1. The lowest BCUT2D eigenvalue weighted by Crippen LogP contribution is -1.95. The molecule has 0 spiro atoms. The zero-order valence-corrected chi connectivity index (χ0v) is 12.3. The van der Waals surface area contributed by atoms with Crippen LogP contribution in [0.5, 0.6) is 0 Å². The number of hydrogen-bond donors (Lipinski definition) is 1. The average molecular weight is 310 g/mol. The third-order valence-corrected chi connectivity index (χ3v) is 3.49. The number of pyridine rings is 1. The van der Waals surface area contributed by atoms with E-state index in [2.05, 4.69) is 9.97 Å². The number of nitrogens with zero attached hydrogens (tertiary/aromatic N) is 2. The summed E-state index contributed by atoms with van der Waals surface area (Å²) in [5.74, 6) is 0. The molecule has 1 aromatic carbocycles. The molecule has 0 amide bonds. The third-order valence-electron chi connectivity index (χ3n) is 2.77. The van der Waals surface area contributed by atoms with Crippen LogP contribution in [-0.2, 0) is 0 Å². The fourth-order valence-electron chi connectivity index (χ4n) is 2.01. The van der Waals surface area contributed by atoms with E-state index in [1.165, 1.54) is 0 Å². The highest BCUT2D eigenvalue weighted by Gasteiger charge is 2.09. The van der Waals surface area contributed by atoms with E-state index in [1.54, 1.807) is 24.4 Å². The van der Waals surface area contributed by atoms with Gasteiger partial charge in [0.05, 0.1) is 11.2 Å². The topological polar surface area (TPSA) is 33.6 Å². The molecule has 2 aromatic heterocycles. The molecule has 0 radical (unpaired) electrons. The van der Waals surface area contributed by atoms with Crippen molar-refractivity contribution in [1.29, 1.82) is 0 Å². The van der Waals surface area contributed by atoms with Crippen molar-refractivity contribution in [2.45, 2.75) is 6.92 Å². The van der Waals surface area contributed by atoms with Crippen LogP contribution in [0, 0.1) is 11.7 Å². The van der Waals surface area contributed by atoms with Crippen molar-refractivity contribution in [3.63, 3.8) is 0 Å². The maximum absolute atomic E-state index is 6.03. The lowest BCUT2D eigenvalue weighted by molar-refractivity contribution is 1.04. The molecule has 2 heterocycles. The highest BCUT2D eigenvalue weighted by Crippen LogP contribution is 2.25. The summed E-state index contributed by atoms with van der Waals surface area (Å²) in [6.45, 7) is 1.98. The number of aryl methyl sites for hydroxylation is 1. The van der Waals surface area contributed by atoms with Crippen LogP contribution >= 0.6 is 35.4 Å². The van der Waals surface area contributed by atoms with Gasteiger partial charge in [0.2, 0.25) is 0 Å². The molecule has 3 nitrogen and oxygen atoms in total. The quantitative estimate of drug-likeness (QED) is 0.661. The van der Waals surface area contributed by atoms with E-state index in [0.717, 1.165) is 22.4 Å². The van der Waals surface area contributed by atoms with E-state index in [9.17, 15) is 0 Å². The van der Waals surface area contributed by atoms with E-state index >= 15 is 0 Å². The molecule has 0 aliphatic carbocycles. The molecule has 0 atom stereocenters. The van der Waals surface area contributed by atoms with Crippen LogP contribution in [0.25, 0.3) is 16.9 Å². The molecular formula is C13H9Cl2N3S. The Bertz CT molecular complexity index is 815. The van der Waals surface area contributed by atoms with Gasteiger partial charge in [-0.2, -0.15) is 0 Å². The van der Waals surface area contributed by atoms with Gasteiger partial charge in [-0.15, -0.1) is 0 Å². The number of halogens is 2. The number of aromatic nitrogens is 3. The molecule has 96 valence electrons. The van der Waals surface area contributed by atoms with Crippen molar-refractivity contribution in [2.75, 3.05) is 0 Å².